The van der Waals surface area contributed by atoms with E-state index in [4.69, 9.17) is 9.47 Å². The van der Waals surface area contributed by atoms with Gasteiger partial charge in [-0.2, -0.15) is 0 Å². The molecule has 1 aromatic carbocycles. The van der Waals surface area contributed by atoms with Crippen LogP contribution >= 0.6 is 0 Å². The number of phenols is 1. The Morgan fingerprint density at radius 1 is 1.29 bits per heavy atom. The normalized spacial score (nSPS) is 31.8. The Labute approximate surface area is 141 Å². The fourth-order valence-electron chi connectivity index (χ4n) is 5.03. The van der Waals surface area contributed by atoms with Crippen molar-refractivity contribution in [2.24, 2.45) is 5.92 Å². The summed E-state index contributed by atoms with van der Waals surface area (Å²) in [6, 6.07) is 4.18. The number of fused-ring (bicyclic) bond motifs is 1. The summed E-state index contributed by atoms with van der Waals surface area (Å²) >= 11 is 0. The number of likely N-dealkylation sites (N-methyl/N-ethyl adjacent to an activating group) is 1. The predicted molar refractivity (Wildman–Crippen MR) is 89.3 cm³/mol. The van der Waals surface area contributed by atoms with Crippen LogP contribution in [0.4, 0.5) is 0 Å². The van der Waals surface area contributed by atoms with Crippen molar-refractivity contribution in [3.05, 3.63) is 35.1 Å². The van der Waals surface area contributed by atoms with E-state index in [1.807, 2.05) is 18.2 Å². The highest BCUT2D eigenvalue weighted by atomic mass is 16.5. The topological polar surface area (TPSA) is 59.0 Å². The fourth-order valence-corrected chi connectivity index (χ4v) is 5.03. The molecule has 2 bridgehead atoms. The number of ether oxygens (including phenoxy) is 2. The molecule has 3 atom stereocenters. The van der Waals surface area contributed by atoms with Crippen LogP contribution in [0, 0.1) is 5.92 Å². The number of phenolic OH excluding ortho intramolecular Hbond substituents is 1. The molecule has 5 nitrogen and oxygen atoms in total. The van der Waals surface area contributed by atoms with E-state index in [1.54, 1.807) is 14.2 Å². The first-order valence-electron chi connectivity index (χ1n) is 8.40. The maximum Gasteiger partial charge on any atom is 0.197 e. The third kappa shape index (κ3) is 1.88. The molecule has 1 aliphatic heterocycles. The van der Waals surface area contributed by atoms with Crippen molar-refractivity contribution in [2.45, 2.75) is 30.7 Å². The summed E-state index contributed by atoms with van der Waals surface area (Å²) in [6.45, 7) is 0.917. The molecule has 1 fully saturated rings. The Morgan fingerprint density at radius 3 is 2.79 bits per heavy atom. The molecule has 2 aliphatic carbocycles. The van der Waals surface area contributed by atoms with Gasteiger partial charge in [0.2, 0.25) is 0 Å². The largest absolute Gasteiger partial charge is 0.504 e. The van der Waals surface area contributed by atoms with Gasteiger partial charge in [0.15, 0.2) is 23.0 Å². The Morgan fingerprint density at radius 2 is 2.08 bits per heavy atom. The summed E-state index contributed by atoms with van der Waals surface area (Å²) < 4.78 is 10.6. The SMILES string of the molecule is COC1=C[C@H]2[C@@H]3Cc4ccc(OC)c(O)c4[C@@]2(CCN3C)CC1=O. The molecule has 5 heteroatoms. The quantitative estimate of drug-likeness (QED) is 0.899. The number of aromatic hydroxyl groups is 1. The molecular weight excluding hydrogens is 306 g/mol. The van der Waals surface area contributed by atoms with E-state index in [0.29, 0.717) is 24.0 Å². The van der Waals surface area contributed by atoms with Crippen LogP contribution < -0.4 is 4.74 Å². The number of benzene rings is 1. The average molecular weight is 329 g/mol. The number of hydrogen-bond acceptors (Lipinski definition) is 5. The molecule has 4 rings (SSSR count). The summed E-state index contributed by atoms with van der Waals surface area (Å²) in [5.74, 6) is 1.32. The number of methoxy groups -OCH3 is 2. The minimum Gasteiger partial charge on any atom is -0.504 e. The van der Waals surface area contributed by atoms with Gasteiger partial charge >= 0.3 is 0 Å². The van der Waals surface area contributed by atoms with Gasteiger partial charge in [-0.15, -0.1) is 0 Å². The maximum absolute atomic E-state index is 12.6. The summed E-state index contributed by atoms with van der Waals surface area (Å²) in [4.78, 5) is 15.0. The van der Waals surface area contributed by atoms with E-state index in [2.05, 4.69) is 11.9 Å². The van der Waals surface area contributed by atoms with Crippen molar-refractivity contribution in [3.63, 3.8) is 0 Å². The fraction of sp³-hybridized carbons (Fsp3) is 0.526. The number of allylic oxidation sites excluding steroid dienone is 1. The molecule has 0 amide bonds. The Bertz CT molecular complexity index is 741. The molecule has 1 saturated heterocycles. The number of hydrogen-bond donors (Lipinski definition) is 1. The van der Waals surface area contributed by atoms with Crippen molar-refractivity contribution in [3.8, 4) is 11.5 Å². The van der Waals surface area contributed by atoms with Gasteiger partial charge in [0.1, 0.15) is 0 Å². The Hall–Kier alpha value is -2.01. The van der Waals surface area contributed by atoms with E-state index in [-0.39, 0.29) is 22.9 Å². The number of carbonyl (C=O) groups is 1. The van der Waals surface area contributed by atoms with Crippen LogP contribution in [-0.2, 0) is 21.4 Å². The van der Waals surface area contributed by atoms with Gasteiger partial charge in [-0.25, -0.2) is 0 Å². The first-order valence-corrected chi connectivity index (χ1v) is 8.40. The zero-order chi connectivity index (χ0) is 17.1. The molecule has 1 N–H and O–H groups in total. The van der Waals surface area contributed by atoms with Crippen LogP contribution in [0.2, 0.25) is 0 Å². The standard InChI is InChI=1S/C19H23NO4/c1-20-7-6-19-10-14(21)16(24-3)9-12(19)13(20)8-11-4-5-15(23-2)18(22)17(11)19/h4-5,9,12-13,22H,6-8,10H2,1-3H3/t12-,13-,19-/m0/s1. The van der Waals surface area contributed by atoms with Crippen LogP contribution in [0.3, 0.4) is 0 Å². The lowest BCUT2D eigenvalue weighted by Crippen LogP contribution is -2.60. The second-order valence-corrected chi connectivity index (χ2v) is 7.17. The number of piperidine rings is 1. The molecule has 0 radical (unpaired) electrons. The molecule has 1 heterocycles. The number of rotatable bonds is 2. The molecule has 0 saturated carbocycles. The predicted octanol–water partition coefficient (Wildman–Crippen LogP) is 2.02. The van der Waals surface area contributed by atoms with Crippen LogP contribution in [0.25, 0.3) is 0 Å². The maximum atomic E-state index is 12.6. The second-order valence-electron chi connectivity index (χ2n) is 7.17. The van der Waals surface area contributed by atoms with Crippen LogP contribution in [-0.4, -0.2) is 49.6 Å². The van der Waals surface area contributed by atoms with Crippen LogP contribution in [0.15, 0.2) is 24.0 Å². The van der Waals surface area contributed by atoms with Gasteiger partial charge < -0.3 is 19.5 Å². The van der Waals surface area contributed by atoms with E-state index >= 15 is 0 Å². The zero-order valence-corrected chi connectivity index (χ0v) is 14.3. The first kappa shape index (κ1) is 15.5. The summed E-state index contributed by atoms with van der Waals surface area (Å²) in [6.07, 6.45) is 4.08. The molecule has 0 spiro atoms. The number of carbonyl (C=O) groups excluding carboxylic acids is 1. The van der Waals surface area contributed by atoms with Crippen molar-refractivity contribution >= 4 is 5.78 Å². The Balaban J connectivity index is 1.97. The molecule has 3 aliphatic rings. The second kappa shape index (κ2) is 5.24. The van der Waals surface area contributed by atoms with Crippen molar-refractivity contribution in [2.75, 3.05) is 27.8 Å². The van der Waals surface area contributed by atoms with Crippen molar-refractivity contribution in [1.82, 2.24) is 4.90 Å². The highest BCUT2D eigenvalue weighted by Gasteiger charge is 2.56. The highest BCUT2D eigenvalue weighted by Crippen LogP contribution is 2.57. The molecule has 0 aromatic heterocycles. The lowest BCUT2D eigenvalue weighted by molar-refractivity contribution is -0.122. The van der Waals surface area contributed by atoms with Crippen LogP contribution in [0.1, 0.15) is 24.0 Å². The highest BCUT2D eigenvalue weighted by molar-refractivity contribution is 5.96. The third-order valence-corrected chi connectivity index (χ3v) is 6.21. The zero-order valence-electron chi connectivity index (χ0n) is 14.3. The number of ketones is 1. The van der Waals surface area contributed by atoms with Gasteiger partial charge in [-0.3, -0.25) is 4.79 Å². The first-order chi connectivity index (χ1) is 11.5. The minimum atomic E-state index is -0.359. The van der Waals surface area contributed by atoms with E-state index in [9.17, 15) is 9.90 Å². The summed E-state index contributed by atoms with van der Waals surface area (Å²) in [5.41, 5.74) is 1.68. The lowest BCUT2D eigenvalue weighted by atomic mass is 9.53. The molecular formula is C19H23NO4. The molecule has 0 unspecified atom stereocenters. The Kier molecular flexibility index (Phi) is 3.39. The van der Waals surface area contributed by atoms with Crippen molar-refractivity contribution < 1.29 is 19.4 Å². The molecule has 24 heavy (non-hydrogen) atoms. The number of Topliss-reactive ketones (excluding diaryl/α,β-unsaturated/α-hetero) is 1. The van der Waals surface area contributed by atoms with Gasteiger partial charge in [0.25, 0.3) is 0 Å². The van der Waals surface area contributed by atoms with E-state index in [0.717, 1.165) is 30.5 Å². The number of likely N-dealkylation sites (tertiary alicyclic amines) is 1. The minimum absolute atomic E-state index is 0.0205. The monoisotopic (exact) mass is 329 g/mol. The smallest absolute Gasteiger partial charge is 0.197 e. The third-order valence-electron chi connectivity index (χ3n) is 6.21. The number of nitrogens with zero attached hydrogens (tertiary/aromatic N) is 1. The van der Waals surface area contributed by atoms with Crippen molar-refractivity contribution in [1.29, 1.82) is 0 Å². The molecule has 1 aromatic rings. The van der Waals surface area contributed by atoms with E-state index in [1.165, 1.54) is 0 Å². The van der Waals surface area contributed by atoms with Gasteiger partial charge in [-0.05, 0) is 44.1 Å². The summed E-state index contributed by atoms with van der Waals surface area (Å²) in [5, 5.41) is 10.9. The lowest BCUT2D eigenvalue weighted by Gasteiger charge is -2.56. The van der Waals surface area contributed by atoms with Gasteiger partial charge in [0, 0.05) is 29.4 Å². The van der Waals surface area contributed by atoms with Crippen LogP contribution in [0.5, 0.6) is 11.5 Å². The van der Waals surface area contributed by atoms with Gasteiger partial charge in [-0.1, -0.05) is 6.07 Å². The summed E-state index contributed by atoms with van der Waals surface area (Å²) in [7, 11) is 5.25. The average Bonchev–Trinajstić information content (AvgIpc) is 2.57. The van der Waals surface area contributed by atoms with Gasteiger partial charge in [0.05, 0.1) is 14.2 Å². The molecule has 128 valence electrons. The van der Waals surface area contributed by atoms with E-state index < -0.39 is 0 Å².